The van der Waals surface area contributed by atoms with Crippen LogP contribution in [0.25, 0.3) is 20.3 Å². The summed E-state index contributed by atoms with van der Waals surface area (Å²) in [7, 11) is 0. The molecule has 21 heavy (non-hydrogen) atoms. The third kappa shape index (κ3) is 2.16. The summed E-state index contributed by atoms with van der Waals surface area (Å²) in [6.07, 6.45) is 0. The zero-order valence-electron chi connectivity index (χ0n) is 11.0. The van der Waals surface area contributed by atoms with E-state index in [2.05, 4.69) is 9.97 Å². The van der Waals surface area contributed by atoms with E-state index in [1.165, 1.54) is 6.07 Å². The molecule has 3 heterocycles. The maximum absolute atomic E-state index is 13.2. The molecular formula is C15H9FN2OS2. The lowest BCUT2D eigenvalue weighted by atomic mass is 10.2. The molecule has 0 aliphatic rings. The summed E-state index contributed by atoms with van der Waals surface area (Å²) >= 11 is 3.25. The molecule has 0 saturated carbocycles. The van der Waals surface area contributed by atoms with Gasteiger partial charge in [-0.1, -0.05) is 6.07 Å². The van der Waals surface area contributed by atoms with Gasteiger partial charge in [0, 0.05) is 17.5 Å². The Balaban J connectivity index is 1.92. The van der Waals surface area contributed by atoms with Gasteiger partial charge in [-0.05, 0) is 24.4 Å². The Morgan fingerprint density at radius 2 is 2.10 bits per heavy atom. The van der Waals surface area contributed by atoms with Crippen molar-refractivity contribution in [1.29, 1.82) is 0 Å². The summed E-state index contributed by atoms with van der Waals surface area (Å²) in [6.45, 7) is 1.98. The van der Waals surface area contributed by atoms with Crippen LogP contribution >= 0.6 is 22.7 Å². The van der Waals surface area contributed by atoms with Crippen LogP contribution in [0.2, 0.25) is 0 Å². The minimum atomic E-state index is -0.552. The smallest absolute Gasteiger partial charge is 0.221 e. The van der Waals surface area contributed by atoms with Crippen molar-refractivity contribution in [2.24, 2.45) is 0 Å². The second kappa shape index (κ2) is 4.75. The summed E-state index contributed by atoms with van der Waals surface area (Å²) in [5, 5.41) is 3.99. The average molecular weight is 316 g/mol. The van der Waals surface area contributed by atoms with Crippen LogP contribution in [0.4, 0.5) is 4.39 Å². The molecule has 0 bridgehead atoms. The van der Waals surface area contributed by atoms with Gasteiger partial charge in [-0.2, -0.15) is 9.37 Å². The van der Waals surface area contributed by atoms with E-state index in [1.54, 1.807) is 34.8 Å². The molecule has 0 fully saturated rings. The first kappa shape index (κ1) is 12.7. The lowest BCUT2D eigenvalue weighted by Gasteiger charge is -2.06. The standard InChI is InChI=1S/C15H9FN2OS2/c1-8-17-14-11(21-8)7-10(9-5-6-20-15(9)14)19-13-4-2-3-12(16)18-13/h2-7H,1H3. The minimum Gasteiger partial charge on any atom is -0.438 e. The first-order valence-corrected chi connectivity index (χ1v) is 7.98. The second-order valence-corrected chi connectivity index (χ2v) is 6.67. The van der Waals surface area contributed by atoms with E-state index in [4.69, 9.17) is 4.74 Å². The maximum Gasteiger partial charge on any atom is 0.221 e. The molecule has 4 aromatic rings. The lowest BCUT2D eigenvalue weighted by Crippen LogP contribution is -1.90. The number of benzene rings is 1. The predicted molar refractivity (Wildman–Crippen MR) is 84.0 cm³/mol. The Kier molecular flexibility index (Phi) is 2.87. The molecule has 0 aliphatic heterocycles. The molecule has 0 saturated heterocycles. The number of aromatic nitrogens is 2. The summed E-state index contributed by atoms with van der Waals surface area (Å²) in [6, 6.07) is 8.45. The van der Waals surface area contributed by atoms with Crippen molar-refractivity contribution in [3.8, 4) is 11.6 Å². The molecule has 0 spiro atoms. The van der Waals surface area contributed by atoms with E-state index in [9.17, 15) is 4.39 Å². The molecule has 0 radical (unpaired) electrons. The Morgan fingerprint density at radius 1 is 1.19 bits per heavy atom. The third-order valence-corrected chi connectivity index (χ3v) is 4.91. The molecule has 6 heteroatoms. The van der Waals surface area contributed by atoms with Crippen molar-refractivity contribution in [3.05, 3.63) is 46.7 Å². The highest BCUT2D eigenvalue weighted by Gasteiger charge is 2.13. The van der Waals surface area contributed by atoms with Crippen molar-refractivity contribution in [2.75, 3.05) is 0 Å². The van der Waals surface area contributed by atoms with E-state index in [0.29, 0.717) is 5.75 Å². The van der Waals surface area contributed by atoms with Crippen LogP contribution in [0.3, 0.4) is 0 Å². The molecule has 0 amide bonds. The van der Waals surface area contributed by atoms with E-state index in [1.807, 2.05) is 24.4 Å². The maximum atomic E-state index is 13.2. The zero-order valence-corrected chi connectivity index (χ0v) is 12.6. The van der Waals surface area contributed by atoms with Gasteiger partial charge in [0.2, 0.25) is 11.8 Å². The van der Waals surface area contributed by atoms with Crippen LogP contribution in [-0.4, -0.2) is 9.97 Å². The Morgan fingerprint density at radius 3 is 2.95 bits per heavy atom. The number of aryl methyl sites for hydroxylation is 1. The quantitative estimate of drug-likeness (QED) is 0.480. The number of thiazole rings is 1. The van der Waals surface area contributed by atoms with Gasteiger partial charge in [-0.25, -0.2) is 4.98 Å². The highest BCUT2D eigenvalue weighted by atomic mass is 32.1. The average Bonchev–Trinajstić information content (AvgIpc) is 3.04. The predicted octanol–water partition coefficient (Wildman–Crippen LogP) is 5.15. The van der Waals surface area contributed by atoms with Gasteiger partial charge in [0.05, 0.1) is 19.9 Å². The highest BCUT2D eigenvalue weighted by molar-refractivity contribution is 7.21. The van der Waals surface area contributed by atoms with Crippen LogP contribution in [0.5, 0.6) is 11.6 Å². The number of nitrogens with zero attached hydrogens (tertiary/aromatic N) is 2. The van der Waals surface area contributed by atoms with Crippen LogP contribution < -0.4 is 4.74 Å². The van der Waals surface area contributed by atoms with E-state index < -0.39 is 5.95 Å². The lowest BCUT2D eigenvalue weighted by molar-refractivity contribution is 0.450. The first-order valence-electron chi connectivity index (χ1n) is 6.28. The van der Waals surface area contributed by atoms with Crippen LogP contribution in [0.15, 0.2) is 35.7 Å². The second-order valence-electron chi connectivity index (χ2n) is 4.52. The number of rotatable bonds is 2. The number of hydrogen-bond acceptors (Lipinski definition) is 5. The Bertz CT molecular complexity index is 961. The molecule has 0 N–H and O–H groups in total. The third-order valence-electron chi connectivity index (χ3n) is 3.07. The normalized spacial score (nSPS) is 11.3. The topological polar surface area (TPSA) is 35.0 Å². The van der Waals surface area contributed by atoms with Gasteiger partial charge in [-0.15, -0.1) is 22.7 Å². The summed E-state index contributed by atoms with van der Waals surface area (Å²) in [4.78, 5) is 8.32. The zero-order chi connectivity index (χ0) is 14.4. The van der Waals surface area contributed by atoms with Crippen molar-refractivity contribution in [3.63, 3.8) is 0 Å². The van der Waals surface area contributed by atoms with Crippen molar-refractivity contribution < 1.29 is 9.13 Å². The molecule has 4 rings (SSSR count). The van der Waals surface area contributed by atoms with Crippen molar-refractivity contribution >= 4 is 43.0 Å². The number of hydrogen-bond donors (Lipinski definition) is 0. The fourth-order valence-corrected chi connectivity index (χ4v) is 4.06. The van der Waals surface area contributed by atoms with Crippen molar-refractivity contribution in [2.45, 2.75) is 6.92 Å². The van der Waals surface area contributed by atoms with E-state index >= 15 is 0 Å². The number of thiophene rings is 1. The summed E-state index contributed by atoms with van der Waals surface area (Å²) < 4.78 is 21.1. The minimum absolute atomic E-state index is 0.253. The fraction of sp³-hybridized carbons (Fsp3) is 0.0667. The fourth-order valence-electron chi connectivity index (χ4n) is 2.23. The van der Waals surface area contributed by atoms with Crippen molar-refractivity contribution in [1.82, 2.24) is 9.97 Å². The first-order chi connectivity index (χ1) is 10.2. The summed E-state index contributed by atoms with van der Waals surface area (Å²) in [5.41, 5.74) is 1.00. The van der Waals surface area contributed by atoms with Crippen LogP contribution in [0.1, 0.15) is 5.01 Å². The molecule has 0 unspecified atom stereocenters. The van der Waals surface area contributed by atoms with Crippen LogP contribution in [-0.2, 0) is 0 Å². The monoisotopic (exact) mass is 316 g/mol. The molecule has 3 nitrogen and oxygen atoms in total. The largest absolute Gasteiger partial charge is 0.438 e. The number of halogens is 1. The number of pyridine rings is 1. The molecular weight excluding hydrogens is 307 g/mol. The SMILES string of the molecule is Cc1nc2c(cc(Oc3cccc(F)n3)c3ccsc32)s1. The highest BCUT2D eigenvalue weighted by Crippen LogP contribution is 2.40. The number of fused-ring (bicyclic) bond motifs is 3. The van der Waals surface area contributed by atoms with Gasteiger partial charge in [0.25, 0.3) is 0 Å². The molecule has 3 aromatic heterocycles. The summed E-state index contributed by atoms with van der Waals surface area (Å²) in [5.74, 6) is 0.382. The van der Waals surface area contributed by atoms with Gasteiger partial charge in [-0.3, -0.25) is 0 Å². The Labute approximate surface area is 127 Å². The molecule has 1 aromatic carbocycles. The molecule has 104 valence electrons. The van der Waals surface area contributed by atoms with Gasteiger partial charge < -0.3 is 4.74 Å². The Hall–Kier alpha value is -2.05. The molecule has 0 atom stereocenters. The van der Waals surface area contributed by atoms with Gasteiger partial charge in [0.1, 0.15) is 5.75 Å². The van der Waals surface area contributed by atoms with Gasteiger partial charge >= 0.3 is 0 Å². The van der Waals surface area contributed by atoms with Crippen LogP contribution in [0, 0.1) is 12.9 Å². The molecule has 0 aliphatic carbocycles. The van der Waals surface area contributed by atoms with Gasteiger partial charge in [0.15, 0.2) is 0 Å². The van der Waals surface area contributed by atoms with E-state index in [0.717, 1.165) is 25.3 Å². The van der Waals surface area contributed by atoms with E-state index in [-0.39, 0.29) is 5.88 Å². The number of ether oxygens (including phenoxy) is 1.